The molecule has 1 N–H and O–H groups in total. The number of pyridine rings is 2. The Morgan fingerprint density at radius 1 is 1.16 bits per heavy atom. The lowest BCUT2D eigenvalue weighted by atomic mass is 9.99. The summed E-state index contributed by atoms with van der Waals surface area (Å²) in [5, 5.41) is 21.2. The molecule has 8 nitrogen and oxygen atoms in total. The Morgan fingerprint density at radius 3 is 2.73 bits per heavy atom. The quantitative estimate of drug-likeness (QED) is 0.330. The fourth-order valence-corrected chi connectivity index (χ4v) is 5.28. The van der Waals surface area contributed by atoms with Gasteiger partial charge < -0.3 is 5.11 Å². The van der Waals surface area contributed by atoms with E-state index in [0.717, 1.165) is 15.8 Å². The zero-order valence-electron chi connectivity index (χ0n) is 19.5. The summed E-state index contributed by atoms with van der Waals surface area (Å²) in [7, 11) is 0. The van der Waals surface area contributed by atoms with Gasteiger partial charge in [-0.2, -0.15) is 5.26 Å². The van der Waals surface area contributed by atoms with E-state index in [0.29, 0.717) is 33.1 Å². The molecule has 0 aliphatic rings. The summed E-state index contributed by atoms with van der Waals surface area (Å²) in [5.41, 5.74) is 3.54. The summed E-state index contributed by atoms with van der Waals surface area (Å²) in [5.74, 6) is 5.58. The van der Waals surface area contributed by atoms with E-state index in [-0.39, 0.29) is 28.6 Å². The van der Waals surface area contributed by atoms with Gasteiger partial charge in [-0.1, -0.05) is 23.4 Å². The van der Waals surface area contributed by atoms with Crippen LogP contribution in [0.15, 0.2) is 46.8 Å². The minimum Gasteiger partial charge on any atom is -0.478 e. The largest absolute Gasteiger partial charge is 0.478 e. The number of nitrogens with zero attached hydrogens (tertiary/aromatic N) is 5. The van der Waals surface area contributed by atoms with Crippen molar-refractivity contribution in [1.82, 2.24) is 19.5 Å². The molecule has 4 heterocycles. The van der Waals surface area contributed by atoms with Crippen LogP contribution in [0.1, 0.15) is 33.0 Å². The molecular formula is C27H16ClN5O3S. The minimum atomic E-state index is -1.04. The molecule has 5 aromatic rings. The average molecular weight is 526 g/mol. The van der Waals surface area contributed by atoms with Crippen LogP contribution >= 0.6 is 22.9 Å². The number of aromatic nitrogens is 4. The van der Waals surface area contributed by atoms with Gasteiger partial charge in [0.05, 0.1) is 45.0 Å². The van der Waals surface area contributed by atoms with Crippen molar-refractivity contribution < 1.29 is 9.90 Å². The van der Waals surface area contributed by atoms with Crippen LogP contribution < -0.4 is 5.56 Å². The number of rotatable bonds is 3. The zero-order valence-corrected chi connectivity index (χ0v) is 21.1. The molecule has 0 bridgehead atoms. The van der Waals surface area contributed by atoms with Crippen molar-refractivity contribution in [3.05, 3.63) is 85.6 Å². The van der Waals surface area contributed by atoms with E-state index >= 15 is 0 Å². The van der Waals surface area contributed by atoms with Crippen molar-refractivity contribution in [3.63, 3.8) is 0 Å². The molecule has 0 saturated heterocycles. The maximum absolute atomic E-state index is 13.2. The third kappa shape index (κ3) is 4.31. The Labute approximate surface area is 219 Å². The molecule has 0 radical (unpaired) electrons. The van der Waals surface area contributed by atoms with Gasteiger partial charge in [-0.25, -0.2) is 9.78 Å². The fraction of sp³-hybridized carbons (Fsp3) is 0.111. The Morgan fingerprint density at radius 2 is 1.97 bits per heavy atom. The summed E-state index contributed by atoms with van der Waals surface area (Å²) in [4.78, 5) is 37.7. The molecule has 10 heteroatoms. The Balaban J connectivity index is 1.62. The van der Waals surface area contributed by atoms with E-state index in [1.165, 1.54) is 28.3 Å². The van der Waals surface area contributed by atoms with Crippen LogP contribution in [0.25, 0.3) is 32.2 Å². The van der Waals surface area contributed by atoms with Crippen molar-refractivity contribution in [2.75, 3.05) is 0 Å². The van der Waals surface area contributed by atoms with Crippen LogP contribution in [0.2, 0.25) is 5.02 Å². The molecule has 0 amide bonds. The van der Waals surface area contributed by atoms with Gasteiger partial charge in [-0.3, -0.25) is 19.3 Å². The highest BCUT2D eigenvalue weighted by atomic mass is 35.5. The fourth-order valence-electron chi connectivity index (χ4n) is 4.10. The van der Waals surface area contributed by atoms with Crippen LogP contribution in [0.5, 0.6) is 0 Å². The van der Waals surface area contributed by atoms with Gasteiger partial charge in [-0.15, -0.1) is 11.3 Å². The third-order valence-corrected chi connectivity index (χ3v) is 7.03. The summed E-state index contributed by atoms with van der Waals surface area (Å²) in [6, 6.07) is 9.15. The number of carboxylic acid groups (broad SMARTS) is 1. The zero-order chi connectivity index (χ0) is 26.3. The summed E-state index contributed by atoms with van der Waals surface area (Å²) >= 11 is 7.63. The number of hydrogen-bond donors (Lipinski definition) is 1. The van der Waals surface area contributed by atoms with Gasteiger partial charge in [-0.05, 0) is 38.1 Å². The van der Waals surface area contributed by atoms with Gasteiger partial charge in [0.15, 0.2) is 0 Å². The topological polar surface area (TPSA) is 122 Å². The van der Waals surface area contributed by atoms with Gasteiger partial charge in [0.2, 0.25) is 0 Å². The second-order valence-corrected chi connectivity index (χ2v) is 9.49. The normalized spacial score (nSPS) is 10.8. The lowest BCUT2D eigenvalue weighted by molar-refractivity contribution is 0.0699. The Hall–Kier alpha value is -4.57. The number of thiophene rings is 1. The van der Waals surface area contributed by atoms with E-state index < -0.39 is 5.97 Å². The first kappa shape index (κ1) is 24.1. The number of hydrogen-bond acceptors (Lipinski definition) is 7. The van der Waals surface area contributed by atoms with Crippen molar-refractivity contribution in [3.8, 4) is 29.0 Å². The molecule has 5 rings (SSSR count). The van der Waals surface area contributed by atoms with Crippen molar-refractivity contribution in [2.24, 2.45) is 0 Å². The Kier molecular flexibility index (Phi) is 6.18. The van der Waals surface area contributed by atoms with Crippen LogP contribution in [-0.4, -0.2) is 30.6 Å². The highest BCUT2D eigenvalue weighted by Crippen LogP contribution is 2.37. The van der Waals surface area contributed by atoms with Crippen LogP contribution in [0.3, 0.4) is 0 Å². The number of fused-ring (bicyclic) bond motifs is 2. The summed E-state index contributed by atoms with van der Waals surface area (Å²) < 4.78 is 2.13. The van der Waals surface area contributed by atoms with Gasteiger partial charge in [0, 0.05) is 39.0 Å². The highest BCUT2D eigenvalue weighted by molar-refractivity contribution is 7.18. The lowest BCUT2D eigenvalue weighted by Crippen LogP contribution is -2.24. The smallest absolute Gasteiger partial charge is 0.338 e. The predicted molar refractivity (Wildman–Crippen MR) is 142 cm³/mol. The molecule has 0 aliphatic carbocycles. The lowest BCUT2D eigenvalue weighted by Gasteiger charge is -2.09. The molecule has 0 saturated carbocycles. The number of carboxylic acids is 1. The van der Waals surface area contributed by atoms with Crippen LogP contribution in [0.4, 0.5) is 0 Å². The van der Waals surface area contributed by atoms with Crippen molar-refractivity contribution in [1.29, 1.82) is 5.26 Å². The van der Waals surface area contributed by atoms with Crippen molar-refractivity contribution >= 4 is 50.0 Å². The monoisotopic (exact) mass is 525 g/mol. The van der Waals surface area contributed by atoms with Crippen LogP contribution in [0, 0.1) is 37.0 Å². The Bertz CT molecular complexity index is 1930. The molecule has 4 aromatic heterocycles. The maximum Gasteiger partial charge on any atom is 0.338 e. The number of carbonyl (C=O) groups is 1. The number of halogens is 1. The summed E-state index contributed by atoms with van der Waals surface area (Å²) in [6.07, 6.45) is 2.80. The molecular weight excluding hydrogens is 510 g/mol. The molecule has 37 heavy (non-hydrogen) atoms. The third-order valence-electron chi connectivity index (χ3n) is 5.79. The minimum absolute atomic E-state index is 0.0514. The van der Waals surface area contributed by atoms with E-state index in [2.05, 4.69) is 26.8 Å². The van der Waals surface area contributed by atoms with Gasteiger partial charge >= 0.3 is 5.97 Å². The van der Waals surface area contributed by atoms with E-state index in [1.807, 2.05) is 12.1 Å². The molecule has 0 fully saturated rings. The number of aryl methyl sites for hydroxylation is 2. The average Bonchev–Trinajstić information content (AvgIpc) is 3.29. The van der Waals surface area contributed by atoms with Crippen LogP contribution in [-0.2, 0) is 6.54 Å². The predicted octanol–water partition coefficient (Wildman–Crippen LogP) is 4.96. The maximum atomic E-state index is 13.2. The molecule has 0 unspecified atom stereocenters. The van der Waals surface area contributed by atoms with Gasteiger partial charge in [0.25, 0.3) is 5.56 Å². The SMILES string of the molecule is Cc1cc(-c2cc(Cl)ccc2C#CCn2c(C)nc3cncc(C#N)c3c2=O)c2scc(C(=O)O)c2n1. The first-order chi connectivity index (χ1) is 17.8. The highest BCUT2D eigenvalue weighted by Gasteiger charge is 2.18. The second kappa shape index (κ2) is 9.47. The first-order valence-corrected chi connectivity index (χ1v) is 12.2. The van der Waals surface area contributed by atoms with Crippen molar-refractivity contribution in [2.45, 2.75) is 20.4 Å². The molecule has 0 aliphatic heterocycles. The number of nitriles is 1. The van der Waals surface area contributed by atoms with E-state index in [9.17, 15) is 20.0 Å². The molecule has 180 valence electrons. The number of aromatic carboxylic acids is 1. The standard InChI is InChI=1S/C27H16ClN5O3S/c1-14-8-20(25-24(31-14)21(13-37-25)27(35)36)19-9-18(28)6-5-16(19)4-3-7-33-15(2)32-22-12-30-11-17(10-29)23(22)26(33)34/h5-6,8-9,11-13H,7H2,1-2H3,(H,35,36). The molecule has 1 aromatic carbocycles. The molecule has 0 atom stereocenters. The molecule has 0 spiro atoms. The second-order valence-electron chi connectivity index (χ2n) is 8.18. The van der Waals surface area contributed by atoms with Gasteiger partial charge in [0.1, 0.15) is 11.9 Å². The van der Waals surface area contributed by atoms with E-state index in [4.69, 9.17) is 11.6 Å². The van der Waals surface area contributed by atoms with E-state index in [1.54, 1.807) is 37.4 Å². The summed E-state index contributed by atoms with van der Waals surface area (Å²) in [6.45, 7) is 3.55. The number of benzene rings is 1. The first-order valence-electron chi connectivity index (χ1n) is 10.9.